The number of Topliss-reactive ketones (excluding diaryl/α,β-unsaturated/α-hetero) is 4. The maximum atomic E-state index is 11.9. The van der Waals surface area contributed by atoms with Crippen LogP contribution >= 0.6 is 0 Å². The molecule has 4 aliphatic rings. The van der Waals surface area contributed by atoms with Gasteiger partial charge in [-0.05, 0) is 50.9 Å². The predicted molar refractivity (Wildman–Crippen MR) is 190 cm³/mol. The molecule has 4 fully saturated rings. The second-order valence-corrected chi connectivity index (χ2v) is 18.2. The summed E-state index contributed by atoms with van der Waals surface area (Å²) in [6.07, 6.45) is 11.1. The third kappa shape index (κ3) is 15.5. The molecule has 2 aliphatic heterocycles. The summed E-state index contributed by atoms with van der Waals surface area (Å²) < 4.78 is 15.5. The molecule has 0 radical (unpaired) electrons. The first-order chi connectivity index (χ1) is 21.4. The molecule has 2 saturated heterocycles. The van der Waals surface area contributed by atoms with Gasteiger partial charge in [0.1, 0.15) is 23.1 Å². The quantitative estimate of drug-likeness (QED) is 0.131. The molecule has 0 aromatic carbocycles. The van der Waals surface area contributed by atoms with Crippen molar-refractivity contribution in [3.63, 3.8) is 0 Å². The molecule has 4 rings (SSSR count). The zero-order valence-electron chi connectivity index (χ0n) is 32.4. The number of hydrogen-bond donors (Lipinski definition) is 0. The Kier molecular flexibility index (Phi) is 16.2. The van der Waals surface area contributed by atoms with Crippen LogP contribution in [0, 0.1) is 38.9 Å². The Balaban J connectivity index is 0.000000315. The lowest BCUT2D eigenvalue weighted by atomic mass is 9.69. The number of carbonyl (C=O) groups is 4. The maximum Gasteiger partial charge on any atom is 0.148 e. The molecular formula is C40H70O7. The molecule has 2 saturated carbocycles. The van der Waals surface area contributed by atoms with E-state index in [1.54, 1.807) is 0 Å². The van der Waals surface area contributed by atoms with Crippen LogP contribution in [0.1, 0.15) is 148 Å². The van der Waals surface area contributed by atoms with Gasteiger partial charge in [-0.3, -0.25) is 19.2 Å². The molecule has 3 atom stereocenters. The summed E-state index contributed by atoms with van der Waals surface area (Å²) in [6, 6.07) is 0. The fourth-order valence-electron chi connectivity index (χ4n) is 5.56. The van der Waals surface area contributed by atoms with Crippen LogP contribution < -0.4 is 0 Å². The minimum Gasteiger partial charge on any atom is -0.502 e. The summed E-state index contributed by atoms with van der Waals surface area (Å²) in [4.78, 5) is 46.5. The highest BCUT2D eigenvalue weighted by Gasteiger charge is 2.48. The van der Waals surface area contributed by atoms with E-state index in [2.05, 4.69) is 13.5 Å². The Hall–Kier alpha value is -1.86. The van der Waals surface area contributed by atoms with Gasteiger partial charge in [-0.2, -0.15) is 0 Å². The zero-order valence-corrected chi connectivity index (χ0v) is 32.4. The first-order valence-corrected chi connectivity index (χ1v) is 18.0. The van der Waals surface area contributed by atoms with Gasteiger partial charge in [0.2, 0.25) is 0 Å². The van der Waals surface area contributed by atoms with Crippen LogP contribution in [-0.2, 0) is 33.4 Å². The number of epoxide rings is 1. The zero-order chi connectivity index (χ0) is 36.4. The molecule has 0 aromatic heterocycles. The smallest absolute Gasteiger partial charge is 0.148 e. The summed E-state index contributed by atoms with van der Waals surface area (Å²) in [5.41, 5.74) is -0.874. The number of fused-ring (bicyclic) bond motifs is 1. The van der Waals surface area contributed by atoms with Crippen LogP contribution in [0.15, 0.2) is 12.8 Å². The second-order valence-electron chi connectivity index (χ2n) is 18.2. The molecule has 7 heteroatoms. The number of hydrogen-bond acceptors (Lipinski definition) is 7. The van der Waals surface area contributed by atoms with Crippen molar-refractivity contribution in [1.82, 2.24) is 0 Å². The fraction of sp³-hybridized carbons (Fsp3) is 0.850. The van der Waals surface area contributed by atoms with Crippen LogP contribution in [0.2, 0.25) is 0 Å². The van der Waals surface area contributed by atoms with Gasteiger partial charge in [0.05, 0.1) is 43.7 Å². The molecule has 2 aliphatic carbocycles. The number of carbonyl (C=O) groups excluding carboxylic acids is 4. The average Bonchev–Trinajstić information content (AvgIpc) is 3.85. The lowest BCUT2D eigenvalue weighted by Gasteiger charge is -2.42. The van der Waals surface area contributed by atoms with Crippen LogP contribution in [0.4, 0.5) is 0 Å². The molecule has 272 valence electrons. The van der Waals surface area contributed by atoms with Crippen LogP contribution in [0.25, 0.3) is 0 Å². The van der Waals surface area contributed by atoms with E-state index in [0.717, 1.165) is 44.4 Å². The first-order valence-electron chi connectivity index (χ1n) is 18.0. The van der Waals surface area contributed by atoms with E-state index in [1.807, 2.05) is 83.1 Å². The van der Waals surface area contributed by atoms with Crippen molar-refractivity contribution >= 4 is 23.1 Å². The van der Waals surface area contributed by atoms with E-state index >= 15 is 0 Å². The monoisotopic (exact) mass is 663 g/mol. The standard InChI is InChI=1S/C11H18O2.2C10H18O2.C9H16O/c1-11(2,3)10(12)7-4-5-8-9(6-7)13-8;1-5-10(6-12-7-10)8(11)9(2,3)4;1-5-12-8-6-7-9(11)10(2,3)4;1-9(2,3)8(10)6-7-4-5-7/h7-9H,4-6H2,1-3H3;5-7H2,1-4H3;5H,1,6-8H2,2-4H3;7H,4-6H2,1-3H3. The topological polar surface area (TPSA) is 99.3 Å². The summed E-state index contributed by atoms with van der Waals surface area (Å²) >= 11 is 0. The summed E-state index contributed by atoms with van der Waals surface area (Å²) in [5, 5.41) is 0. The van der Waals surface area contributed by atoms with Crippen molar-refractivity contribution in [2.45, 2.75) is 160 Å². The van der Waals surface area contributed by atoms with E-state index in [0.29, 0.717) is 55.8 Å². The van der Waals surface area contributed by atoms with Gasteiger partial charge in [-0.15, -0.1) is 0 Å². The third-order valence-electron chi connectivity index (χ3n) is 9.34. The molecule has 3 unspecified atom stereocenters. The number of ether oxygens (including phenoxy) is 3. The van der Waals surface area contributed by atoms with Gasteiger partial charge in [-0.25, -0.2) is 0 Å². The Morgan fingerprint density at radius 1 is 0.766 bits per heavy atom. The van der Waals surface area contributed by atoms with Crippen molar-refractivity contribution in [3.8, 4) is 0 Å². The molecule has 2 heterocycles. The van der Waals surface area contributed by atoms with E-state index in [4.69, 9.17) is 14.2 Å². The molecule has 0 N–H and O–H groups in total. The van der Waals surface area contributed by atoms with Gasteiger partial charge >= 0.3 is 0 Å². The normalized spacial score (nSPS) is 23.0. The van der Waals surface area contributed by atoms with Gasteiger partial charge in [0.15, 0.2) is 0 Å². The third-order valence-corrected chi connectivity index (χ3v) is 9.34. The molecular weight excluding hydrogens is 592 g/mol. The Bertz CT molecular complexity index is 1030. The largest absolute Gasteiger partial charge is 0.502 e. The second kappa shape index (κ2) is 17.7. The predicted octanol–water partition coefficient (Wildman–Crippen LogP) is 9.14. The highest BCUT2D eigenvalue weighted by atomic mass is 16.6. The molecule has 0 spiro atoms. The van der Waals surface area contributed by atoms with Crippen LogP contribution in [0.5, 0.6) is 0 Å². The molecule has 0 aromatic rings. The number of rotatable bonds is 10. The van der Waals surface area contributed by atoms with E-state index in [-0.39, 0.29) is 38.8 Å². The first kappa shape index (κ1) is 43.2. The van der Waals surface area contributed by atoms with Crippen molar-refractivity contribution in [2.75, 3.05) is 19.8 Å². The number of ketones is 4. The Labute approximate surface area is 287 Å². The Morgan fingerprint density at radius 3 is 1.66 bits per heavy atom. The van der Waals surface area contributed by atoms with Gasteiger partial charge in [0, 0.05) is 40.4 Å². The van der Waals surface area contributed by atoms with Crippen molar-refractivity contribution < 1.29 is 33.4 Å². The molecule has 47 heavy (non-hydrogen) atoms. The summed E-state index contributed by atoms with van der Waals surface area (Å²) in [5.74, 6) is 2.49. The minimum atomic E-state index is -0.222. The molecule has 0 bridgehead atoms. The SMILES string of the molecule is C=COCCCC(=O)C(C)(C)C.CC(C)(C)C(=O)C1CCC2OC2C1.CC(C)(C)C(=O)CC1CC1.CCC1(C(=O)C(C)(C)C)COC1. The minimum absolute atomic E-state index is 0.109. The van der Waals surface area contributed by atoms with Gasteiger partial charge < -0.3 is 14.2 Å². The van der Waals surface area contributed by atoms with Gasteiger partial charge in [-0.1, -0.05) is 96.6 Å². The lowest BCUT2D eigenvalue weighted by Crippen LogP contribution is -2.52. The van der Waals surface area contributed by atoms with Crippen molar-refractivity contribution in [1.29, 1.82) is 0 Å². The molecule has 7 nitrogen and oxygen atoms in total. The van der Waals surface area contributed by atoms with Crippen LogP contribution in [-0.4, -0.2) is 55.2 Å². The Morgan fingerprint density at radius 2 is 1.32 bits per heavy atom. The molecule has 0 amide bonds. The van der Waals surface area contributed by atoms with E-state index < -0.39 is 0 Å². The van der Waals surface area contributed by atoms with Gasteiger partial charge in [0.25, 0.3) is 0 Å². The lowest BCUT2D eigenvalue weighted by molar-refractivity contribution is -0.167. The van der Waals surface area contributed by atoms with E-state index in [1.165, 1.54) is 19.1 Å². The van der Waals surface area contributed by atoms with E-state index in [9.17, 15) is 19.2 Å². The van der Waals surface area contributed by atoms with Crippen LogP contribution in [0.3, 0.4) is 0 Å². The summed E-state index contributed by atoms with van der Waals surface area (Å²) in [7, 11) is 0. The fourth-order valence-corrected chi connectivity index (χ4v) is 5.56. The highest BCUT2D eigenvalue weighted by Crippen LogP contribution is 2.42. The average molecular weight is 663 g/mol. The maximum absolute atomic E-state index is 11.9. The van der Waals surface area contributed by atoms with Crippen molar-refractivity contribution in [2.24, 2.45) is 38.9 Å². The highest BCUT2D eigenvalue weighted by molar-refractivity contribution is 5.90. The van der Waals surface area contributed by atoms with Crippen molar-refractivity contribution in [3.05, 3.63) is 12.8 Å². The summed E-state index contributed by atoms with van der Waals surface area (Å²) in [6.45, 7) is 31.1.